The van der Waals surface area contributed by atoms with Crippen molar-refractivity contribution in [2.24, 2.45) is 7.05 Å². The second-order valence-electron chi connectivity index (χ2n) is 4.23. The van der Waals surface area contributed by atoms with Crippen LogP contribution in [0.5, 0.6) is 0 Å². The topological polar surface area (TPSA) is 44.8 Å². The van der Waals surface area contributed by atoms with Crippen molar-refractivity contribution in [3.05, 3.63) is 40.8 Å². The van der Waals surface area contributed by atoms with Crippen LogP contribution >= 0.6 is 0 Å². The summed E-state index contributed by atoms with van der Waals surface area (Å²) < 4.78 is 5.15. The minimum atomic E-state index is 0.0267. The molecule has 0 fully saturated rings. The van der Waals surface area contributed by atoms with Crippen LogP contribution in [-0.4, -0.2) is 18.9 Å². The van der Waals surface area contributed by atoms with E-state index in [1.165, 1.54) is 0 Å². The van der Waals surface area contributed by atoms with Gasteiger partial charge in [0.25, 0.3) is 0 Å². The smallest absolute Gasteiger partial charge is 0.297 e. The normalized spacial score (nSPS) is 11.2. The Hall–Kier alpha value is -1.78. The first kappa shape index (κ1) is 10.7. The maximum absolute atomic E-state index is 11.9. The fraction of sp³-hybridized carbons (Fsp3) is 0.455. The second-order valence-corrected chi connectivity index (χ2v) is 4.23. The molecule has 0 amide bonds. The maximum Gasteiger partial charge on any atom is 0.328 e. The monoisotopic (exact) mass is 220 g/mol. The summed E-state index contributed by atoms with van der Waals surface area (Å²) in [5, 5.41) is 4.08. The molecule has 0 aliphatic heterocycles. The van der Waals surface area contributed by atoms with Crippen LogP contribution in [0.3, 0.4) is 0 Å². The van der Waals surface area contributed by atoms with Gasteiger partial charge in [0.1, 0.15) is 0 Å². The molecule has 16 heavy (non-hydrogen) atoms. The predicted molar refractivity (Wildman–Crippen MR) is 61.4 cm³/mol. The van der Waals surface area contributed by atoms with Gasteiger partial charge in [-0.3, -0.25) is 13.8 Å². The van der Waals surface area contributed by atoms with Crippen molar-refractivity contribution in [3.63, 3.8) is 0 Å². The largest absolute Gasteiger partial charge is 0.328 e. The summed E-state index contributed by atoms with van der Waals surface area (Å²) in [5.74, 6) is 0. The molecule has 0 N–H and O–H groups in total. The van der Waals surface area contributed by atoms with Gasteiger partial charge in [-0.25, -0.2) is 4.79 Å². The number of aromatic nitrogens is 4. The Kier molecular flexibility index (Phi) is 2.68. The number of nitrogens with zero attached hydrogens (tertiary/aromatic N) is 4. The molecule has 86 valence electrons. The van der Waals surface area contributed by atoms with Gasteiger partial charge in [-0.1, -0.05) is 0 Å². The number of hydrogen-bond donors (Lipinski definition) is 0. The highest BCUT2D eigenvalue weighted by molar-refractivity contribution is 5.04. The summed E-state index contributed by atoms with van der Waals surface area (Å²) in [7, 11) is 1.87. The summed E-state index contributed by atoms with van der Waals surface area (Å²) in [4.78, 5) is 11.9. The first-order chi connectivity index (χ1) is 7.58. The third kappa shape index (κ3) is 1.93. The zero-order chi connectivity index (χ0) is 11.7. The van der Waals surface area contributed by atoms with Crippen molar-refractivity contribution < 1.29 is 0 Å². The number of rotatable bonds is 3. The van der Waals surface area contributed by atoms with Crippen LogP contribution in [-0.2, 0) is 13.6 Å². The first-order valence-corrected chi connectivity index (χ1v) is 5.32. The van der Waals surface area contributed by atoms with Crippen molar-refractivity contribution in [1.82, 2.24) is 18.9 Å². The van der Waals surface area contributed by atoms with Crippen LogP contribution in [0.1, 0.15) is 25.5 Å². The summed E-state index contributed by atoms with van der Waals surface area (Å²) >= 11 is 0. The lowest BCUT2D eigenvalue weighted by Crippen LogP contribution is -2.25. The highest BCUT2D eigenvalue weighted by atomic mass is 16.1. The van der Waals surface area contributed by atoms with E-state index in [1.807, 2.05) is 39.5 Å². The lowest BCUT2D eigenvalue weighted by atomic mass is 10.3. The van der Waals surface area contributed by atoms with Gasteiger partial charge in [0.05, 0.1) is 12.7 Å². The number of aryl methyl sites for hydroxylation is 1. The SMILES string of the molecule is CC(C)n1ccn(Cc2cnn(C)c2)c1=O. The molecule has 2 aromatic rings. The molecule has 0 spiro atoms. The lowest BCUT2D eigenvalue weighted by molar-refractivity contribution is 0.561. The lowest BCUT2D eigenvalue weighted by Gasteiger charge is -2.04. The molecule has 2 heterocycles. The Bertz CT molecular complexity index is 532. The molecule has 5 nitrogen and oxygen atoms in total. The van der Waals surface area contributed by atoms with E-state index in [9.17, 15) is 4.79 Å². The van der Waals surface area contributed by atoms with Crippen LogP contribution in [0.4, 0.5) is 0 Å². The Balaban J connectivity index is 2.26. The molecule has 0 unspecified atom stereocenters. The van der Waals surface area contributed by atoms with Crippen molar-refractivity contribution in [2.75, 3.05) is 0 Å². The summed E-state index contributed by atoms with van der Waals surface area (Å²) in [6, 6.07) is 0.197. The van der Waals surface area contributed by atoms with Crippen molar-refractivity contribution in [2.45, 2.75) is 26.4 Å². The van der Waals surface area contributed by atoms with Gasteiger partial charge >= 0.3 is 5.69 Å². The van der Waals surface area contributed by atoms with Crippen molar-refractivity contribution in [3.8, 4) is 0 Å². The fourth-order valence-corrected chi connectivity index (χ4v) is 1.69. The summed E-state index contributed by atoms with van der Waals surface area (Å²) in [6.45, 7) is 4.57. The van der Waals surface area contributed by atoms with Gasteiger partial charge in [0, 0.05) is 37.2 Å². The average molecular weight is 220 g/mol. The van der Waals surface area contributed by atoms with E-state index in [4.69, 9.17) is 0 Å². The van der Waals surface area contributed by atoms with Crippen LogP contribution < -0.4 is 5.69 Å². The summed E-state index contributed by atoms with van der Waals surface area (Å²) in [5.41, 5.74) is 1.06. The van der Waals surface area contributed by atoms with Crippen LogP contribution in [0.15, 0.2) is 29.6 Å². The Morgan fingerprint density at radius 3 is 2.62 bits per heavy atom. The first-order valence-electron chi connectivity index (χ1n) is 5.32. The predicted octanol–water partition coefficient (Wildman–Crippen LogP) is 1.01. The van der Waals surface area contributed by atoms with Gasteiger partial charge in [-0.2, -0.15) is 5.10 Å². The molecule has 5 heteroatoms. The van der Waals surface area contributed by atoms with Crippen LogP contribution in [0, 0.1) is 0 Å². The number of imidazole rings is 1. The van der Waals surface area contributed by atoms with E-state index in [1.54, 1.807) is 20.0 Å². The minimum absolute atomic E-state index is 0.0267. The standard InChI is InChI=1S/C11H16N4O/c1-9(2)15-5-4-14(11(15)16)8-10-6-12-13(3)7-10/h4-7,9H,8H2,1-3H3. The van der Waals surface area contributed by atoms with E-state index in [0.717, 1.165) is 5.56 Å². The van der Waals surface area contributed by atoms with Gasteiger partial charge in [0.2, 0.25) is 0 Å². The molecule has 0 aromatic carbocycles. The zero-order valence-corrected chi connectivity index (χ0v) is 9.79. The molecular formula is C11H16N4O. The third-order valence-electron chi connectivity index (χ3n) is 2.54. The van der Waals surface area contributed by atoms with Gasteiger partial charge < -0.3 is 0 Å². The fourth-order valence-electron chi connectivity index (χ4n) is 1.69. The molecule has 2 rings (SSSR count). The molecule has 0 atom stereocenters. The Morgan fingerprint density at radius 2 is 2.12 bits per heavy atom. The summed E-state index contributed by atoms with van der Waals surface area (Å²) in [6.07, 6.45) is 7.33. The third-order valence-corrected chi connectivity index (χ3v) is 2.54. The van der Waals surface area contributed by atoms with Gasteiger partial charge in [0.15, 0.2) is 0 Å². The molecule has 0 bridgehead atoms. The van der Waals surface area contributed by atoms with E-state index in [0.29, 0.717) is 6.54 Å². The van der Waals surface area contributed by atoms with Gasteiger partial charge in [-0.15, -0.1) is 0 Å². The second kappa shape index (κ2) is 4.00. The molecular weight excluding hydrogens is 204 g/mol. The minimum Gasteiger partial charge on any atom is -0.297 e. The molecule has 0 saturated heterocycles. The maximum atomic E-state index is 11.9. The van der Waals surface area contributed by atoms with Crippen LogP contribution in [0.25, 0.3) is 0 Å². The molecule has 2 aromatic heterocycles. The van der Waals surface area contributed by atoms with E-state index in [-0.39, 0.29) is 11.7 Å². The van der Waals surface area contributed by atoms with Crippen LogP contribution in [0.2, 0.25) is 0 Å². The van der Waals surface area contributed by atoms with Crippen molar-refractivity contribution in [1.29, 1.82) is 0 Å². The average Bonchev–Trinajstić information content (AvgIpc) is 2.76. The van der Waals surface area contributed by atoms with E-state index in [2.05, 4.69) is 5.10 Å². The number of hydrogen-bond acceptors (Lipinski definition) is 2. The Morgan fingerprint density at radius 1 is 1.38 bits per heavy atom. The highest BCUT2D eigenvalue weighted by Crippen LogP contribution is 2.02. The van der Waals surface area contributed by atoms with Gasteiger partial charge in [-0.05, 0) is 13.8 Å². The molecule has 0 aliphatic rings. The van der Waals surface area contributed by atoms with E-state index < -0.39 is 0 Å². The zero-order valence-electron chi connectivity index (χ0n) is 9.79. The quantitative estimate of drug-likeness (QED) is 0.775. The highest BCUT2D eigenvalue weighted by Gasteiger charge is 2.06. The molecule has 0 saturated carbocycles. The Labute approximate surface area is 93.9 Å². The molecule has 0 aliphatic carbocycles. The molecule has 0 radical (unpaired) electrons. The van der Waals surface area contributed by atoms with E-state index >= 15 is 0 Å². The van der Waals surface area contributed by atoms with Crippen molar-refractivity contribution >= 4 is 0 Å².